The van der Waals surface area contributed by atoms with E-state index in [2.05, 4.69) is 42.3 Å². The summed E-state index contributed by atoms with van der Waals surface area (Å²) in [6.45, 7) is 5.04. The van der Waals surface area contributed by atoms with Gasteiger partial charge in [0, 0.05) is 12.6 Å². The van der Waals surface area contributed by atoms with E-state index < -0.39 is 0 Å². The molecule has 0 atom stereocenters. The number of nitrogens with one attached hydrogen (secondary N) is 1. The number of benzene rings is 1. The van der Waals surface area contributed by atoms with Gasteiger partial charge in [0.25, 0.3) is 0 Å². The maximum absolute atomic E-state index is 5.02. The summed E-state index contributed by atoms with van der Waals surface area (Å²) in [7, 11) is 1.62. The normalized spacial score (nSPS) is 10.2. The zero-order chi connectivity index (χ0) is 13.0. The fourth-order valence-electron chi connectivity index (χ4n) is 1.98. The Balaban J connectivity index is 2.01. The molecule has 2 rings (SSSR count). The molecule has 0 saturated carbocycles. The molecule has 1 N–H and O–H groups in total. The minimum absolute atomic E-state index is 0.631. The smallest absolute Gasteiger partial charge is 0.213 e. The van der Waals surface area contributed by atoms with Crippen LogP contribution in [0.15, 0.2) is 36.5 Å². The number of hydrogen-bond donors (Lipinski definition) is 1. The second kappa shape index (κ2) is 5.54. The van der Waals surface area contributed by atoms with Gasteiger partial charge < -0.3 is 10.1 Å². The Bertz CT molecular complexity index is 500. The molecule has 0 fully saturated rings. The minimum Gasteiger partial charge on any atom is -0.481 e. The number of pyridine rings is 1. The van der Waals surface area contributed by atoms with Crippen LogP contribution in [0, 0.1) is 13.8 Å². The molecule has 0 unspecified atom stereocenters. The Labute approximate surface area is 108 Å². The average molecular weight is 242 g/mol. The van der Waals surface area contributed by atoms with Crippen LogP contribution in [0.4, 0.5) is 5.69 Å². The van der Waals surface area contributed by atoms with Gasteiger partial charge in [-0.05, 0) is 25.5 Å². The van der Waals surface area contributed by atoms with Gasteiger partial charge in [0.1, 0.15) is 0 Å². The zero-order valence-corrected chi connectivity index (χ0v) is 11.0. The highest BCUT2D eigenvalue weighted by Crippen LogP contribution is 2.14. The van der Waals surface area contributed by atoms with E-state index in [1.807, 2.05) is 12.1 Å². The molecule has 0 amide bonds. The molecule has 0 radical (unpaired) electrons. The van der Waals surface area contributed by atoms with Crippen LogP contribution in [0.2, 0.25) is 0 Å². The third kappa shape index (κ3) is 3.23. The van der Waals surface area contributed by atoms with E-state index in [1.54, 1.807) is 13.3 Å². The molecule has 0 spiro atoms. The van der Waals surface area contributed by atoms with Gasteiger partial charge in [-0.25, -0.2) is 4.98 Å². The number of ether oxygens (including phenoxy) is 1. The molecule has 1 aromatic carbocycles. The standard InChI is InChI=1S/C15H18N2O/c1-11-6-12(2)8-13(7-11)9-16-14-4-5-15(18-3)17-10-14/h4-8,10,16H,9H2,1-3H3. The van der Waals surface area contributed by atoms with Gasteiger partial charge >= 0.3 is 0 Å². The Kier molecular flexibility index (Phi) is 3.82. The first-order valence-electron chi connectivity index (χ1n) is 5.98. The second-order valence-electron chi connectivity index (χ2n) is 4.44. The lowest BCUT2D eigenvalue weighted by Crippen LogP contribution is -2.00. The van der Waals surface area contributed by atoms with Crippen LogP contribution in [0.25, 0.3) is 0 Å². The molecule has 18 heavy (non-hydrogen) atoms. The number of aryl methyl sites for hydroxylation is 2. The van der Waals surface area contributed by atoms with E-state index >= 15 is 0 Å². The average Bonchev–Trinajstić information content (AvgIpc) is 2.36. The highest BCUT2D eigenvalue weighted by molar-refractivity contribution is 5.43. The van der Waals surface area contributed by atoms with Crippen molar-refractivity contribution in [2.45, 2.75) is 20.4 Å². The lowest BCUT2D eigenvalue weighted by Gasteiger charge is -2.08. The Morgan fingerprint density at radius 2 is 1.83 bits per heavy atom. The van der Waals surface area contributed by atoms with Crippen molar-refractivity contribution in [3.05, 3.63) is 53.2 Å². The van der Waals surface area contributed by atoms with Crippen molar-refractivity contribution in [3.8, 4) is 5.88 Å². The molecule has 0 bridgehead atoms. The molecule has 94 valence electrons. The highest BCUT2D eigenvalue weighted by Gasteiger charge is 1.98. The number of nitrogens with zero attached hydrogens (tertiary/aromatic N) is 1. The molecule has 0 aliphatic rings. The van der Waals surface area contributed by atoms with Crippen molar-refractivity contribution in [2.75, 3.05) is 12.4 Å². The third-order valence-electron chi connectivity index (χ3n) is 2.72. The molecule has 2 aromatic rings. The van der Waals surface area contributed by atoms with Crippen LogP contribution in [-0.2, 0) is 6.54 Å². The lowest BCUT2D eigenvalue weighted by molar-refractivity contribution is 0.398. The summed E-state index contributed by atoms with van der Waals surface area (Å²) < 4.78 is 5.02. The predicted molar refractivity (Wildman–Crippen MR) is 74.0 cm³/mol. The Morgan fingerprint density at radius 3 is 2.39 bits per heavy atom. The molecular formula is C15H18N2O. The van der Waals surface area contributed by atoms with Crippen LogP contribution in [0.3, 0.4) is 0 Å². The summed E-state index contributed by atoms with van der Waals surface area (Å²) in [4.78, 5) is 4.16. The fourth-order valence-corrected chi connectivity index (χ4v) is 1.98. The van der Waals surface area contributed by atoms with E-state index in [0.29, 0.717) is 5.88 Å². The van der Waals surface area contributed by atoms with Gasteiger partial charge in [0.2, 0.25) is 5.88 Å². The van der Waals surface area contributed by atoms with Crippen molar-refractivity contribution >= 4 is 5.69 Å². The van der Waals surface area contributed by atoms with Crippen molar-refractivity contribution < 1.29 is 4.74 Å². The van der Waals surface area contributed by atoms with E-state index in [4.69, 9.17) is 4.74 Å². The van der Waals surface area contributed by atoms with Crippen molar-refractivity contribution in [2.24, 2.45) is 0 Å². The third-order valence-corrected chi connectivity index (χ3v) is 2.72. The molecule has 1 aromatic heterocycles. The molecule has 0 aliphatic heterocycles. The number of hydrogen-bond acceptors (Lipinski definition) is 3. The maximum atomic E-state index is 5.02. The largest absolute Gasteiger partial charge is 0.481 e. The molecule has 3 nitrogen and oxygen atoms in total. The number of aromatic nitrogens is 1. The van der Waals surface area contributed by atoms with E-state index in [1.165, 1.54) is 16.7 Å². The second-order valence-corrected chi connectivity index (χ2v) is 4.44. The Morgan fingerprint density at radius 1 is 1.11 bits per heavy atom. The highest BCUT2D eigenvalue weighted by atomic mass is 16.5. The van der Waals surface area contributed by atoms with Gasteiger partial charge in [-0.1, -0.05) is 29.3 Å². The molecular weight excluding hydrogens is 224 g/mol. The first-order valence-corrected chi connectivity index (χ1v) is 5.98. The number of rotatable bonds is 4. The number of methoxy groups -OCH3 is 1. The van der Waals surface area contributed by atoms with Crippen LogP contribution >= 0.6 is 0 Å². The van der Waals surface area contributed by atoms with E-state index in [9.17, 15) is 0 Å². The molecule has 1 heterocycles. The van der Waals surface area contributed by atoms with Gasteiger partial charge in [-0.3, -0.25) is 0 Å². The van der Waals surface area contributed by atoms with Crippen molar-refractivity contribution in [3.63, 3.8) is 0 Å². The topological polar surface area (TPSA) is 34.1 Å². The van der Waals surface area contributed by atoms with Crippen LogP contribution in [0.1, 0.15) is 16.7 Å². The predicted octanol–water partition coefficient (Wildman–Crippen LogP) is 3.32. The summed E-state index contributed by atoms with van der Waals surface area (Å²) in [5.41, 5.74) is 4.86. The number of anilines is 1. The first kappa shape index (κ1) is 12.4. The summed E-state index contributed by atoms with van der Waals surface area (Å²) in [5.74, 6) is 0.631. The summed E-state index contributed by atoms with van der Waals surface area (Å²) in [6, 6.07) is 10.4. The van der Waals surface area contributed by atoms with Crippen LogP contribution in [0.5, 0.6) is 5.88 Å². The summed E-state index contributed by atoms with van der Waals surface area (Å²) >= 11 is 0. The fraction of sp³-hybridized carbons (Fsp3) is 0.267. The lowest BCUT2D eigenvalue weighted by atomic mass is 10.1. The SMILES string of the molecule is COc1ccc(NCc2cc(C)cc(C)c2)cn1. The molecule has 0 aliphatic carbocycles. The van der Waals surface area contributed by atoms with Crippen LogP contribution < -0.4 is 10.1 Å². The van der Waals surface area contributed by atoms with Crippen LogP contribution in [-0.4, -0.2) is 12.1 Å². The van der Waals surface area contributed by atoms with Gasteiger partial charge in [0.15, 0.2) is 0 Å². The van der Waals surface area contributed by atoms with Gasteiger partial charge in [0.05, 0.1) is 19.0 Å². The molecule has 3 heteroatoms. The summed E-state index contributed by atoms with van der Waals surface area (Å²) in [6.07, 6.45) is 1.78. The van der Waals surface area contributed by atoms with Crippen molar-refractivity contribution in [1.82, 2.24) is 4.98 Å². The molecule has 0 saturated heterocycles. The monoisotopic (exact) mass is 242 g/mol. The van der Waals surface area contributed by atoms with Gasteiger partial charge in [-0.15, -0.1) is 0 Å². The van der Waals surface area contributed by atoms with Gasteiger partial charge in [-0.2, -0.15) is 0 Å². The van der Waals surface area contributed by atoms with E-state index in [-0.39, 0.29) is 0 Å². The maximum Gasteiger partial charge on any atom is 0.213 e. The summed E-state index contributed by atoms with van der Waals surface area (Å²) in [5, 5.41) is 3.35. The quantitative estimate of drug-likeness (QED) is 0.893. The van der Waals surface area contributed by atoms with E-state index in [0.717, 1.165) is 12.2 Å². The minimum atomic E-state index is 0.631. The first-order chi connectivity index (χ1) is 8.67. The zero-order valence-electron chi connectivity index (χ0n) is 11.0. The van der Waals surface area contributed by atoms with Crippen molar-refractivity contribution in [1.29, 1.82) is 0 Å². The Hall–Kier alpha value is -2.03.